The van der Waals surface area contributed by atoms with Crippen molar-refractivity contribution in [3.05, 3.63) is 11.8 Å². The van der Waals surface area contributed by atoms with Gasteiger partial charge in [-0.3, -0.25) is 0 Å². The van der Waals surface area contributed by atoms with E-state index in [1.807, 2.05) is 0 Å². The van der Waals surface area contributed by atoms with Crippen molar-refractivity contribution < 1.29 is 49.6 Å². The number of hydrogen-bond acceptors (Lipinski definition) is 9. The van der Waals surface area contributed by atoms with Gasteiger partial charge in [0.2, 0.25) is 6.29 Å². The van der Waals surface area contributed by atoms with Crippen LogP contribution in [0.4, 0.5) is 0 Å². The summed E-state index contributed by atoms with van der Waals surface area (Å²) in [5.41, 5.74) is 0.0343. The first-order valence-corrected chi connectivity index (χ1v) is 8.49. The van der Waals surface area contributed by atoms with Crippen LogP contribution in [-0.2, 0) is 19.0 Å². The van der Waals surface area contributed by atoms with E-state index in [4.69, 9.17) is 14.2 Å². The third kappa shape index (κ3) is 3.22. The molecule has 1 aliphatic carbocycles. The van der Waals surface area contributed by atoms with Crippen molar-refractivity contribution in [1.29, 1.82) is 0 Å². The van der Waals surface area contributed by atoms with Gasteiger partial charge in [-0.25, -0.2) is 4.79 Å². The van der Waals surface area contributed by atoms with E-state index in [-0.39, 0.29) is 17.9 Å². The van der Waals surface area contributed by atoms with Crippen molar-refractivity contribution in [1.82, 2.24) is 0 Å². The molecule has 10 nitrogen and oxygen atoms in total. The van der Waals surface area contributed by atoms with E-state index in [1.165, 1.54) is 0 Å². The molecule has 3 aliphatic rings. The van der Waals surface area contributed by atoms with Gasteiger partial charge < -0.3 is 44.8 Å². The van der Waals surface area contributed by atoms with Crippen LogP contribution in [0.3, 0.4) is 0 Å². The SMILES string of the molecule is C[C@H]1[C@@H]2[C@H](O[C@@H]3O[C@H](CO)[C@@H](O)[C@H](O)[C@H]3O)OC=C(C(=O)O)[C@H]2C[C@@H]1O. The quantitative estimate of drug-likeness (QED) is 0.316. The molecule has 148 valence electrons. The molecule has 1 saturated carbocycles. The van der Waals surface area contributed by atoms with Gasteiger partial charge >= 0.3 is 5.97 Å². The highest BCUT2D eigenvalue weighted by Crippen LogP contribution is 2.47. The summed E-state index contributed by atoms with van der Waals surface area (Å²) in [4.78, 5) is 11.4. The molecule has 2 fully saturated rings. The van der Waals surface area contributed by atoms with Gasteiger partial charge in [-0.15, -0.1) is 0 Å². The van der Waals surface area contributed by atoms with Gasteiger partial charge in [-0.2, -0.15) is 0 Å². The van der Waals surface area contributed by atoms with E-state index >= 15 is 0 Å². The molecule has 10 heteroatoms. The Morgan fingerprint density at radius 3 is 2.50 bits per heavy atom. The summed E-state index contributed by atoms with van der Waals surface area (Å²) in [6, 6.07) is 0. The van der Waals surface area contributed by atoms with Crippen LogP contribution in [0.1, 0.15) is 13.3 Å². The Hall–Kier alpha value is -1.27. The van der Waals surface area contributed by atoms with Crippen molar-refractivity contribution in [3.63, 3.8) is 0 Å². The molecule has 0 amide bonds. The van der Waals surface area contributed by atoms with E-state index in [2.05, 4.69) is 0 Å². The Labute approximate surface area is 149 Å². The standard InChI is InChI=1S/C16H24O10/c1-5-8(18)2-6-7(14(22)23)4-24-15(10(5)6)26-16-13(21)12(20)11(19)9(3-17)25-16/h4-6,8-13,15-21H,2-3H2,1H3,(H,22,23)/t5-,6-,8+,9-,10+,11-,12+,13-,15+,16+/m1/s1. The van der Waals surface area contributed by atoms with Gasteiger partial charge in [0.25, 0.3) is 0 Å². The Balaban J connectivity index is 1.79. The van der Waals surface area contributed by atoms with E-state index < -0.39 is 67.5 Å². The zero-order valence-corrected chi connectivity index (χ0v) is 14.1. The summed E-state index contributed by atoms with van der Waals surface area (Å²) in [6.45, 7) is 1.15. The van der Waals surface area contributed by atoms with Crippen LogP contribution >= 0.6 is 0 Å². The van der Waals surface area contributed by atoms with Crippen molar-refractivity contribution >= 4 is 5.97 Å². The lowest BCUT2D eigenvalue weighted by Crippen LogP contribution is -2.60. The molecule has 10 atom stereocenters. The fourth-order valence-electron chi connectivity index (χ4n) is 3.99. The maximum atomic E-state index is 11.4. The monoisotopic (exact) mass is 376 g/mol. The van der Waals surface area contributed by atoms with Crippen LogP contribution in [-0.4, -0.2) is 86.3 Å². The fraction of sp³-hybridized carbons (Fsp3) is 0.812. The molecule has 0 spiro atoms. The third-order valence-corrected chi connectivity index (χ3v) is 5.58. The number of carboxylic acids is 1. The summed E-state index contributed by atoms with van der Waals surface area (Å²) < 4.78 is 16.3. The van der Waals surface area contributed by atoms with Gasteiger partial charge in [0.15, 0.2) is 6.29 Å². The van der Waals surface area contributed by atoms with Gasteiger partial charge in [0.05, 0.1) is 24.5 Å². The van der Waals surface area contributed by atoms with Crippen molar-refractivity contribution in [2.75, 3.05) is 6.61 Å². The second-order valence-corrected chi connectivity index (χ2v) is 7.06. The minimum Gasteiger partial charge on any atom is -0.478 e. The van der Waals surface area contributed by atoms with Crippen LogP contribution < -0.4 is 0 Å². The predicted molar refractivity (Wildman–Crippen MR) is 82.2 cm³/mol. The molecule has 2 heterocycles. The first-order valence-electron chi connectivity index (χ1n) is 8.49. The molecule has 0 aromatic carbocycles. The minimum atomic E-state index is -1.60. The van der Waals surface area contributed by atoms with Crippen LogP contribution in [0.15, 0.2) is 11.8 Å². The molecule has 0 unspecified atom stereocenters. The number of aliphatic carboxylic acids is 1. The number of carboxylic acid groups (broad SMARTS) is 1. The number of aliphatic hydroxyl groups is 5. The average molecular weight is 376 g/mol. The summed E-state index contributed by atoms with van der Waals surface area (Å²) in [6.07, 6.45) is -7.71. The van der Waals surface area contributed by atoms with E-state index in [9.17, 15) is 35.4 Å². The highest BCUT2D eigenvalue weighted by molar-refractivity contribution is 5.87. The molecule has 26 heavy (non-hydrogen) atoms. The molecular formula is C16H24O10. The molecule has 0 radical (unpaired) electrons. The molecule has 0 bridgehead atoms. The Bertz CT molecular complexity index is 563. The highest BCUT2D eigenvalue weighted by atomic mass is 16.8. The average Bonchev–Trinajstić information content (AvgIpc) is 2.90. The minimum absolute atomic E-state index is 0.0343. The lowest BCUT2D eigenvalue weighted by molar-refractivity contribution is -0.342. The lowest BCUT2D eigenvalue weighted by atomic mass is 9.83. The van der Waals surface area contributed by atoms with Crippen LogP contribution in [0.25, 0.3) is 0 Å². The van der Waals surface area contributed by atoms with Crippen LogP contribution in [0, 0.1) is 17.8 Å². The van der Waals surface area contributed by atoms with Gasteiger partial charge in [0, 0.05) is 11.8 Å². The molecule has 0 aromatic heterocycles. The molecular weight excluding hydrogens is 352 g/mol. The molecule has 0 aromatic rings. The Morgan fingerprint density at radius 2 is 1.88 bits per heavy atom. The topological polar surface area (TPSA) is 166 Å². The summed E-state index contributed by atoms with van der Waals surface area (Å²) in [5, 5.41) is 58.5. The van der Waals surface area contributed by atoms with Gasteiger partial charge in [-0.05, 0) is 12.3 Å². The maximum Gasteiger partial charge on any atom is 0.334 e. The normalized spacial score (nSPS) is 48.5. The van der Waals surface area contributed by atoms with Gasteiger partial charge in [0.1, 0.15) is 24.4 Å². The summed E-state index contributed by atoms with van der Waals surface area (Å²) >= 11 is 0. The van der Waals surface area contributed by atoms with E-state index in [0.717, 1.165) is 6.26 Å². The maximum absolute atomic E-state index is 11.4. The number of aliphatic hydroxyl groups excluding tert-OH is 5. The fourth-order valence-corrected chi connectivity index (χ4v) is 3.99. The lowest BCUT2D eigenvalue weighted by Gasteiger charge is -2.43. The molecule has 6 N–H and O–H groups in total. The van der Waals surface area contributed by atoms with Gasteiger partial charge in [-0.1, -0.05) is 6.92 Å². The summed E-state index contributed by atoms with van der Waals surface area (Å²) in [5.74, 6) is -2.49. The third-order valence-electron chi connectivity index (χ3n) is 5.58. The van der Waals surface area contributed by atoms with Crippen LogP contribution in [0.5, 0.6) is 0 Å². The summed E-state index contributed by atoms with van der Waals surface area (Å²) in [7, 11) is 0. The Morgan fingerprint density at radius 1 is 1.19 bits per heavy atom. The van der Waals surface area contributed by atoms with E-state index in [1.54, 1.807) is 6.92 Å². The van der Waals surface area contributed by atoms with Crippen molar-refractivity contribution in [2.24, 2.45) is 17.8 Å². The molecule has 2 aliphatic heterocycles. The van der Waals surface area contributed by atoms with Crippen molar-refractivity contribution in [3.8, 4) is 0 Å². The first-order chi connectivity index (χ1) is 12.3. The number of ether oxygens (including phenoxy) is 3. The second-order valence-electron chi connectivity index (χ2n) is 7.06. The number of fused-ring (bicyclic) bond motifs is 1. The number of carbonyl (C=O) groups is 1. The zero-order chi connectivity index (χ0) is 19.2. The second kappa shape index (κ2) is 7.39. The first kappa shape index (κ1) is 19.5. The van der Waals surface area contributed by atoms with Crippen LogP contribution in [0.2, 0.25) is 0 Å². The van der Waals surface area contributed by atoms with Crippen molar-refractivity contribution in [2.45, 2.75) is 56.4 Å². The predicted octanol–water partition coefficient (Wildman–Crippen LogP) is -2.24. The smallest absolute Gasteiger partial charge is 0.334 e. The zero-order valence-electron chi connectivity index (χ0n) is 14.1. The van der Waals surface area contributed by atoms with E-state index in [0.29, 0.717) is 0 Å². The number of hydrogen-bond donors (Lipinski definition) is 6. The highest BCUT2D eigenvalue weighted by Gasteiger charge is 2.53. The molecule has 3 rings (SSSR count). The number of rotatable bonds is 4. The largest absolute Gasteiger partial charge is 0.478 e. The molecule has 1 saturated heterocycles. The Kier molecular flexibility index (Phi) is 5.54.